The quantitative estimate of drug-likeness (QED) is 0.270. The van der Waals surface area contributed by atoms with Gasteiger partial charge >= 0.3 is 0 Å². The molecule has 0 bridgehead atoms. The van der Waals surface area contributed by atoms with E-state index in [-0.39, 0.29) is 0 Å². The third-order valence-electron chi connectivity index (χ3n) is 4.58. The first kappa shape index (κ1) is 23.8. The number of hydrogen-bond donors (Lipinski definition) is 0. The van der Waals surface area contributed by atoms with Crippen molar-refractivity contribution in [3.05, 3.63) is 0 Å². The molecule has 0 aromatic heterocycles. The summed E-state index contributed by atoms with van der Waals surface area (Å²) in [6.07, 6.45) is 3.89. The molecule has 0 unspecified atom stereocenters. The SMILES string of the molecule is CCCC[Si](C)(C)OCCC[Si](C)(C)CC[Si](C)(C)O[SiH](C)C. The maximum absolute atomic E-state index is 6.32. The molecule has 0 radical (unpaired) electrons. The summed E-state index contributed by atoms with van der Waals surface area (Å²) in [6, 6.07) is 5.52. The van der Waals surface area contributed by atoms with Gasteiger partial charge in [-0.2, -0.15) is 0 Å². The van der Waals surface area contributed by atoms with E-state index in [1.54, 1.807) is 0 Å². The fraction of sp³-hybridized carbons (Fsp3) is 1.00. The second-order valence-electron chi connectivity index (χ2n) is 9.41. The molecule has 0 aliphatic carbocycles. The molecule has 23 heavy (non-hydrogen) atoms. The second-order valence-corrected chi connectivity index (χ2v) is 26.1. The maximum Gasteiger partial charge on any atom is 0.186 e. The van der Waals surface area contributed by atoms with E-state index in [0.29, 0.717) is 0 Å². The Morgan fingerprint density at radius 3 is 1.87 bits per heavy atom. The highest BCUT2D eigenvalue weighted by molar-refractivity contribution is 6.82. The summed E-state index contributed by atoms with van der Waals surface area (Å²) in [5, 5.41) is 0. The molecule has 0 rings (SSSR count). The maximum atomic E-state index is 6.32. The lowest BCUT2D eigenvalue weighted by Crippen LogP contribution is -2.38. The van der Waals surface area contributed by atoms with Gasteiger partial charge in [0.2, 0.25) is 0 Å². The van der Waals surface area contributed by atoms with E-state index < -0.39 is 33.7 Å². The number of rotatable bonds is 13. The summed E-state index contributed by atoms with van der Waals surface area (Å²) >= 11 is 0. The molecule has 0 aromatic rings. The molecule has 0 fully saturated rings. The molecule has 6 heteroatoms. The highest BCUT2D eigenvalue weighted by atomic mass is 28.4. The van der Waals surface area contributed by atoms with E-state index >= 15 is 0 Å². The molecule has 0 amide bonds. The van der Waals surface area contributed by atoms with E-state index in [2.05, 4.69) is 59.3 Å². The van der Waals surface area contributed by atoms with Crippen LogP contribution >= 0.6 is 0 Å². The lowest BCUT2D eigenvalue weighted by molar-refractivity contribution is 0.305. The van der Waals surface area contributed by atoms with Crippen molar-refractivity contribution >= 4 is 33.7 Å². The Morgan fingerprint density at radius 1 is 0.739 bits per heavy atom. The Labute approximate surface area is 151 Å². The van der Waals surface area contributed by atoms with Crippen LogP contribution in [0.5, 0.6) is 0 Å². The number of hydrogen-bond acceptors (Lipinski definition) is 2. The second kappa shape index (κ2) is 10.7. The van der Waals surface area contributed by atoms with Crippen molar-refractivity contribution in [2.45, 2.75) is 103 Å². The van der Waals surface area contributed by atoms with Crippen LogP contribution in [0.15, 0.2) is 0 Å². The van der Waals surface area contributed by atoms with Crippen LogP contribution < -0.4 is 0 Å². The van der Waals surface area contributed by atoms with Gasteiger partial charge in [-0.1, -0.05) is 44.9 Å². The standard InChI is InChI=1S/C17H44O2Si4/c1-10-11-15-22(6,7)18-13-12-14-21(4,5)16-17-23(8,9)19-20(2)3/h20H,10-17H2,1-9H3. The lowest BCUT2D eigenvalue weighted by atomic mass is 10.4. The summed E-state index contributed by atoms with van der Waals surface area (Å²) in [5.74, 6) is 0. The van der Waals surface area contributed by atoms with E-state index in [0.717, 1.165) is 6.61 Å². The van der Waals surface area contributed by atoms with Gasteiger partial charge in [-0.3, -0.25) is 0 Å². The van der Waals surface area contributed by atoms with Gasteiger partial charge in [0, 0.05) is 14.7 Å². The summed E-state index contributed by atoms with van der Waals surface area (Å²) in [6.45, 7) is 22.6. The topological polar surface area (TPSA) is 18.5 Å². The van der Waals surface area contributed by atoms with Crippen LogP contribution in [0, 0.1) is 0 Å². The zero-order chi connectivity index (χ0) is 18.1. The van der Waals surface area contributed by atoms with Crippen molar-refractivity contribution in [2.75, 3.05) is 6.61 Å². The minimum absolute atomic E-state index is 0.876. The first-order chi connectivity index (χ1) is 10.4. The first-order valence-corrected chi connectivity index (χ1v) is 22.1. The van der Waals surface area contributed by atoms with Crippen molar-refractivity contribution in [3.8, 4) is 0 Å². The highest BCUT2D eigenvalue weighted by Crippen LogP contribution is 2.26. The van der Waals surface area contributed by atoms with Gasteiger partial charge in [0.15, 0.2) is 25.7 Å². The molecular formula is C17H44O2Si4. The molecule has 0 saturated carbocycles. The summed E-state index contributed by atoms with van der Waals surface area (Å²) in [5.41, 5.74) is 0. The van der Waals surface area contributed by atoms with Gasteiger partial charge in [0.25, 0.3) is 0 Å². The Balaban J connectivity index is 4.04. The van der Waals surface area contributed by atoms with Crippen LogP contribution in [0.1, 0.15) is 26.2 Å². The largest absolute Gasteiger partial charge is 0.458 e. The minimum Gasteiger partial charge on any atom is -0.458 e. The van der Waals surface area contributed by atoms with Gasteiger partial charge in [-0.25, -0.2) is 0 Å². The predicted molar refractivity (Wildman–Crippen MR) is 117 cm³/mol. The molecule has 0 spiro atoms. The van der Waals surface area contributed by atoms with E-state index in [1.165, 1.54) is 43.4 Å². The van der Waals surface area contributed by atoms with Crippen LogP contribution in [0.25, 0.3) is 0 Å². The smallest absolute Gasteiger partial charge is 0.186 e. The van der Waals surface area contributed by atoms with Crippen molar-refractivity contribution in [1.29, 1.82) is 0 Å². The molecule has 0 atom stereocenters. The van der Waals surface area contributed by atoms with E-state index in [9.17, 15) is 0 Å². The van der Waals surface area contributed by atoms with Crippen LogP contribution in [0.3, 0.4) is 0 Å². The van der Waals surface area contributed by atoms with Crippen molar-refractivity contribution in [1.82, 2.24) is 0 Å². The van der Waals surface area contributed by atoms with Gasteiger partial charge in [-0.15, -0.1) is 0 Å². The van der Waals surface area contributed by atoms with Crippen molar-refractivity contribution in [2.24, 2.45) is 0 Å². The van der Waals surface area contributed by atoms with Gasteiger partial charge in [0.05, 0.1) is 0 Å². The molecule has 0 aliphatic heterocycles. The zero-order valence-corrected chi connectivity index (χ0v) is 21.7. The third kappa shape index (κ3) is 13.7. The Morgan fingerprint density at radius 2 is 1.35 bits per heavy atom. The Bertz CT molecular complexity index is 318. The molecule has 0 aliphatic rings. The fourth-order valence-electron chi connectivity index (χ4n) is 3.04. The van der Waals surface area contributed by atoms with Crippen LogP contribution in [-0.2, 0) is 8.54 Å². The molecule has 0 heterocycles. The minimum atomic E-state index is -1.40. The molecule has 0 N–H and O–H groups in total. The average molecular weight is 393 g/mol. The summed E-state index contributed by atoms with van der Waals surface area (Å²) < 4.78 is 12.6. The van der Waals surface area contributed by atoms with E-state index in [4.69, 9.17) is 8.54 Å². The Kier molecular flexibility index (Phi) is 11.1. The van der Waals surface area contributed by atoms with Crippen LogP contribution in [-0.4, -0.2) is 40.4 Å². The normalized spacial score (nSPS) is 13.8. The van der Waals surface area contributed by atoms with Gasteiger partial charge in [0.1, 0.15) is 0 Å². The summed E-state index contributed by atoms with van der Waals surface area (Å²) in [7, 11) is -4.73. The molecule has 0 saturated heterocycles. The molecule has 0 aromatic carbocycles. The van der Waals surface area contributed by atoms with Gasteiger partial charge < -0.3 is 8.54 Å². The monoisotopic (exact) mass is 392 g/mol. The fourth-order valence-corrected chi connectivity index (χ4v) is 17.1. The van der Waals surface area contributed by atoms with Crippen LogP contribution in [0.4, 0.5) is 0 Å². The first-order valence-electron chi connectivity index (χ1n) is 9.71. The predicted octanol–water partition coefficient (Wildman–Crippen LogP) is 6.31. The zero-order valence-electron chi connectivity index (χ0n) is 17.6. The van der Waals surface area contributed by atoms with Crippen LogP contribution in [0.2, 0.25) is 76.6 Å². The lowest BCUT2D eigenvalue weighted by Gasteiger charge is -2.30. The molecule has 140 valence electrons. The average Bonchev–Trinajstić information content (AvgIpc) is 2.38. The van der Waals surface area contributed by atoms with Crippen molar-refractivity contribution < 1.29 is 8.54 Å². The highest BCUT2D eigenvalue weighted by Gasteiger charge is 2.29. The Hall–Kier alpha value is 0.788. The third-order valence-corrected chi connectivity index (χ3v) is 16.8. The summed E-state index contributed by atoms with van der Waals surface area (Å²) in [4.78, 5) is 0. The van der Waals surface area contributed by atoms with Gasteiger partial charge in [-0.05, 0) is 57.8 Å². The van der Waals surface area contributed by atoms with E-state index in [1.807, 2.05) is 0 Å². The number of unbranched alkanes of at least 4 members (excludes halogenated alkanes) is 1. The molecule has 2 nitrogen and oxygen atoms in total. The van der Waals surface area contributed by atoms with Crippen molar-refractivity contribution in [3.63, 3.8) is 0 Å². The molecular weight excluding hydrogens is 349 g/mol.